The molecule has 6 rings (SSSR count). The van der Waals surface area contributed by atoms with Crippen LogP contribution in [0, 0.1) is 0 Å². The molecule has 8 nitrogen and oxygen atoms in total. The number of hydrogen-bond donors (Lipinski definition) is 2. The maximum absolute atomic E-state index is 13.6. The molecule has 0 aliphatic rings. The molecule has 0 fully saturated rings. The van der Waals surface area contributed by atoms with E-state index in [0.29, 0.717) is 44.6 Å². The van der Waals surface area contributed by atoms with E-state index in [2.05, 4.69) is 9.97 Å². The summed E-state index contributed by atoms with van der Waals surface area (Å²) in [6, 6.07) is 23.3. The van der Waals surface area contributed by atoms with E-state index >= 15 is 0 Å². The van der Waals surface area contributed by atoms with Crippen LogP contribution in [0.25, 0.3) is 44.4 Å². The van der Waals surface area contributed by atoms with Crippen molar-refractivity contribution in [3.63, 3.8) is 0 Å². The van der Waals surface area contributed by atoms with Crippen LogP contribution in [0.15, 0.2) is 94.4 Å². The second-order valence-corrected chi connectivity index (χ2v) is 8.11. The Balaban J connectivity index is 1.60. The fourth-order valence-corrected chi connectivity index (χ4v) is 4.33. The number of phenols is 1. The van der Waals surface area contributed by atoms with E-state index in [1.807, 2.05) is 48.5 Å². The Morgan fingerprint density at radius 3 is 2.51 bits per heavy atom. The zero-order valence-corrected chi connectivity index (χ0v) is 18.4. The van der Waals surface area contributed by atoms with Gasteiger partial charge in [-0.2, -0.15) is 5.10 Å². The van der Waals surface area contributed by atoms with Crippen molar-refractivity contribution < 1.29 is 9.52 Å². The summed E-state index contributed by atoms with van der Waals surface area (Å²) >= 11 is 0. The lowest BCUT2D eigenvalue weighted by molar-refractivity contribution is 0.475. The zero-order chi connectivity index (χ0) is 23.9. The number of hydrogen-bond acceptors (Lipinski definition) is 7. The second-order valence-electron chi connectivity index (χ2n) is 8.11. The molecule has 0 unspecified atom stereocenters. The third kappa shape index (κ3) is 3.48. The van der Waals surface area contributed by atoms with Gasteiger partial charge in [-0.25, -0.2) is 14.6 Å². The summed E-state index contributed by atoms with van der Waals surface area (Å²) in [6.45, 7) is 0.135. The molecular formula is C27H19N5O3. The van der Waals surface area contributed by atoms with Crippen LogP contribution in [0.2, 0.25) is 0 Å². The lowest BCUT2D eigenvalue weighted by Crippen LogP contribution is -2.12. The largest absolute Gasteiger partial charge is 0.508 e. The summed E-state index contributed by atoms with van der Waals surface area (Å²) < 4.78 is 7.91. The number of anilines is 1. The summed E-state index contributed by atoms with van der Waals surface area (Å²) in [5.41, 5.74) is 9.49. The van der Waals surface area contributed by atoms with E-state index in [9.17, 15) is 9.90 Å². The number of fused-ring (bicyclic) bond motifs is 2. The van der Waals surface area contributed by atoms with Crippen LogP contribution in [0.1, 0.15) is 5.76 Å². The Bertz CT molecular complexity index is 1770. The van der Waals surface area contributed by atoms with E-state index in [0.717, 1.165) is 5.56 Å². The van der Waals surface area contributed by atoms with E-state index in [1.54, 1.807) is 35.0 Å². The van der Waals surface area contributed by atoms with Crippen LogP contribution in [0.3, 0.4) is 0 Å². The molecule has 3 aromatic heterocycles. The number of rotatable bonds is 4. The van der Waals surface area contributed by atoms with Crippen LogP contribution in [0.5, 0.6) is 5.75 Å². The molecule has 0 saturated carbocycles. The van der Waals surface area contributed by atoms with Crippen molar-refractivity contribution in [2.24, 2.45) is 0 Å². The maximum Gasteiger partial charge on any atom is 0.200 e. The van der Waals surface area contributed by atoms with Crippen molar-refractivity contribution in [1.29, 1.82) is 0 Å². The molecule has 0 aliphatic carbocycles. The highest BCUT2D eigenvalue weighted by Gasteiger charge is 2.21. The van der Waals surface area contributed by atoms with E-state index < -0.39 is 0 Å². The quantitative estimate of drug-likeness (QED) is 0.393. The van der Waals surface area contributed by atoms with Gasteiger partial charge in [0.15, 0.2) is 5.65 Å². The van der Waals surface area contributed by atoms with Gasteiger partial charge < -0.3 is 15.3 Å². The Kier molecular flexibility index (Phi) is 4.77. The first-order valence-electron chi connectivity index (χ1n) is 11.0. The highest BCUT2D eigenvalue weighted by atomic mass is 16.3. The van der Waals surface area contributed by atoms with Gasteiger partial charge in [0.2, 0.25) is 5.43 Å². The molecule has 0 radical (unpaired) electrons. The molecular weight excluding hydrogens is 442 g/mol. The summed E-state index contributed by atoms with van der Waals surface area (Å²) in [4.78, 5) is 22.1. The minimum atomic E-state index is -0.119. The maximum atomic E-state index is 13.6. The third-order valence-electron chi connectivity index (χ3n) is 5.90. The first-order valence-corrected chi connectivity index (χ1v) is 11.0. The highest BCUT2D eigenvalue weighted by molar-refractivity contribution is 5.98. The molecule has 3 heterocycles. The smallest absolute Gasteiger partial charge is 0.200 e. The molecule has 0 aliphatic heterocycles. The molecule has 0 spiro atoms. The molecule has 3 aromatic carbocycles. The number of phenolic OH excluding ortho intramolecular Hbond substituents is 1. The molecule has 0 amide bonds. The summed E-state index contributed by atoms with van der Waals surface area (Å²) in [7, 11) is 0. The van der Waals surface area contributed by atoms with Crippen LogP contribution >= 0.6 is 0 Å². The first-order chi connectivity index (χ1) is 17.1. The average Bonchev–Trinajstić information content (AvgIpc) is 3.24. The number of nitrogens with two attached hydrogens (primary N) is 1. The number of aromatic nitrogens is 4. The topological polar surface area (TPSA) is 120 Å². The van der Waals surface area contributed by atoms with Crippen molar-refractivity contribution in [3.8, 4) is 28.1 Å². The summed E-state index contributed by atoms with van der Waals surface area (Å²) in [5, 5.41) is 15.8. The Hall–Kier alpha value is -4.98. The molecule has 0 bridgehead atoms. The van der Waals surface area contributed by atoms with Crippen molar-refractivity contribution in [1.82, 2.24) is 19.7 Å². The monoisotopic (exact) mass is 461 g/mol. The van der Waals surface area contributed by atoms with Gasteiger partial charge in [0, 0.05) is 5.56 Å². The molecule has 170 valence electrons. The summed E-state index contributed by atoms with van der Waals surface area (Å²) in [6.07, 6.45) is 1.37. The van der Waals surface area contributed by atoms with Gasteiger partial charge in [0.1, 0.15) is 41.5 Å². The van der Waals surface area contributed by atoms with Gasteiger partial charge in [-0.3, -0.25) is 4.79 Å². The molecule has 0 saturated heterocycles. The first kappa shape index (κ1) is 20.6. The van der Waals surface area contributed by atoms with Crippen LogP contribution in [0.4, 0.5) is 5.82 Å². The standard InChI is InChI=1S/C27H19N5O3/c28-26-23-24(17-9-6-10-18(33)13-17)31-32(27(23)30-15-29-26)14-21-22(16-7-2-1-3-8-16)25(34)19-11-4-5-12-20(19)35-21/h1-13,15,33H,14H2,(H2,28,29,30). The van der Waals surface area contributed by atoms with E-state index in [-0.39, 0.29) is 23.5 Å². The lowest BCUT2D eigenvalue weighted by atomic mass is 10.0. The molecule has 0 atom stereocenters. The SMILES string of the molecule is Nc1ncnc2c1c(-c1cccc(O)c1)nn2Cc1oc2ccccc2c(=O)c1-c1ccccc1. The number of benzene rings is 3. The van der Waals surface area contributed by atoms with Gasteiger partial charge in [-0.15, -0.1) is 0 Å². The van der Waals surface area contributed by atoms with Crippen LogP contribution in [-0.4, -0.2) is 24.9 Å². The molecule has 6 aromatic rings. The molecule has 3 N–H and O–H groups in total. The second kappa shape index (κ2) is 8.11. The fraction of sp³-hybridized carbons (Fsp3) is 0.0370. The van der Waals surface area contributed by atoms with Gasteiger partial charge in [-0.05, 0) is 29.8 Å². The number of aromatic hydroxyl groups is 1. The minimum Gasteiger partial charge on any atom is -0.508 e. The number of para-hydroxylation sites is 1. The van der Waals surface area contributed by atoms with Crippen molar-refractivity contribution in [3.05, 3.63) is 101 Å². The normalized spacial score (nSPS) is 11.3. The Morgan fingerprint density at radius 2 is 1.69 bits per heavy atom. The van der Waals surface area contributed by atoms with Crippen molar-refractivity contribution in [2.45, 2.75) is 6.54 Å². The van der Waals surface area contributed by atoms with Gasteiger partial charge in [0.05, 0.1) is 16.3 Å². The third-order valence-corrected chi connectivity index (χ3v) is 5.90. The predicted molar refractivity (Wildman–Crippen MR) is 134 cm³/mol. The van der Waals surface area contributed by atoms with Crippen LogP contribution < -0.4 is 11.2 Å². The van der Waals surface area contributed by atoms with Crippen molar-refractivity contribution >= 4 is 27.8 Å². The van der Waals surface area contributed by atoms with Gasteiger partial charge >= 0.3 is 0 Å². The number of nitrogens with zero attached hydrogens (tertiary/aromatic N) is 4. The fourth-order valence-electron chi connectivity index (χ4n) is 4.33. The zero-order valence-electron chi connectivity index (χ0n) is 18.4. The Labute approximate surface area is 198 Å². The Morgan fingerprint density at radius 1 is 0.914 bits per heavy atom. The van der Waals surface area contributed by atoms with Crippen molar-refractivity contribution in [2.75, 3.05) is 5.73 Å². The summed E-state index contributed by atoms with van der Waals surface area (Å²) in [5.74, 6) is 0.819. The van der Waals surface area contributed by atoms with E-state index in [1.165, 1.54) is 6.33 Å². The van der Waals surface area contributed by atoms with Crippen LogP contribution in [-0.2, 0) is 6.54 Å². The minimum absolute atomic E-state index is 0.104. The average molecular weight is 461 g/mol. The van der Waals surface area contributed by atoms with Gasteiger partial charge in [-0.1, -0.05) is 54.6 Å². The molecule has 8 heteroatoms. The van der Waals surface area contributed by atoms with Gasteiger partial charge in [0.25, 0.3) is 0 Å². The van der Waals surface area contributed by atoms with E-state index in [4.69, 9.17) is 15.2 Å². The lowest BCUT2D eigenvalue weighted by Gasteiger charge is -2.11. The number of nitrogen functional groups attached to an aromatic ring is 1. The molecule has 35 heavy (non-hydrogen) atoms. The highest BCUT2D eigenvalue weighted by Crippen LogP contribution is 2.33. The predicted octanol–water partition coefficient (Wildman–Crippen LogP) is 4.60.